The van der Waals surface area contributed by atoms with Crippen molar-refractivity contribution in [2.24, 2.45) is 0 Å². The summed E-state index contributed by atoms with van der Waals surface area (Å²) in [5.74, 6) is -1.30. The number of hydrogen-bond donors (Lipinski definition) is 0. The second-order valence-corrected chi connectivity index (χ2v) is 10.5. The second kappa shape index (κ2) is 8.85. The fourth-order valence-corrected chi connectivity index (χ4v) is 6.90. The van der Waals surface area contributed by atoms with Crippen molar-refractivity contribution < 1.29 is 30.8 Å². The normalized spacial score (nSPS) is 17.6. The van der Waals surface area contributed by atoms with Crippen LogP contribution in [0.5, 0.6) is 0 Å². The molecule has 3 aliphatic heterocycles. The zero-order valence-corrected chi connectivity index (χ0v) is 20.9. The maximum absolute atomic E-state index is 12.1. The van der Waals surface area contributed by atoms with Crippen LogP contribution in [-0.4, -0.2) is 66.8 Å². The van der Waals surface area contributed by atoms with E-state index in [1.54, 1.807) is 6.92 Å². The van der Waals surface area contributed by atoms with Crippen LogP contribution in [0.25, 0.3) is 11.6 Å². The van der Waals surface area contributed by atoms with Gasteiger partial charge in [0.2, 0.25) is 0 Å². The molecule has 33 heavy (non-hydrogen) atoms. The van der Waals surface area contributed by atoms with Crippen LogP contribution in [-0.2, 0) is 23.8 Å². The zero-order valence-electron chi connectivity index (χ0n) is 18.6. The Hall–Kier alpha value is -2.82. The van der Waals surface area contributed by atoms with E-state index >= 15 is 0 Å². The summed E-state index contributed by atoms with van der Waals surface area (Å²) in [4.78, 5) is 16.5. The van der Waals surface area contributed by atoms with Crippen LogP contribution < -0.4 is 10.2 Å². The van der Waals surface area contributed by atoms with Crippen LogP contribution in [0.2, 0.25) is 0 Å². The van der Waals surface area contributed by atoms with E-state index in [1.807, 2.05) is 0 Å². The van der Waals surface area contributed by atoms with Gasteiger partial charge in [0.05, 0.1) is 0 Å². The molecule has 0 radical (unpaired) electrons. The van der Waals surface area contributed by atoms with E-state index in [4.69, 9.17) is 0 Å². The summed E-state index contributed by atoms with van der Waals surface area (Å²) in [7, 11) is 0. The molecule has 0 N–H and O–H groups in total. The van der Waals surface area contributed by atoms with Crippen molar-refractivity contribution in [2.45, 2.75) is 52.9 Å². The van der Waals surface area contributed by atoms with Gasteiger partial charge in [-0.15, -0.1) is 0 Å². The molecule has 2 aromatic rings. The number of alkyl halides is 3. The summed E-state index contributed by atoms with van der Waals surface area (Å²) in [5.41, 5.74) is 0. The summed E-state index contributed by atoms with van der Waals surface area (Å²) >= 11 is -0.119. The molecule has 0 saturated heterocycles. The standard InChI is InChI=1S/C13H20N4.C6H3F3N6.Pt/c1-12(2)16-7-5-14(10-16)9-15-6-8-17(11-15)13(3)4;1-2-10-3(13-12-2)4-11-5(15-14-4)6(7,8)9;/h5-8,12-13H,9H2,1-4H3;1H3;/q;-2;. The molecule has 0 amide bonds. The number of hydrogen-bond acceptors (Lipinski definition) is 8. The SMILES string of the molecule is CC(C)N1C=CN2CN3C=CN(C(C)C)[C]3=[Pt]=[C]21.Cc1n[n-]c(-c2nc(C(F)(F)F)n[n-]2)n1. The number of nitrogens with zero attached hydrogens (tertiary/aromatic N) is 10. The van der Waals surface area contributed by atoms with Gasteiger partial charge in [0, 0.05) is 5.82 Å². The van der Waals surface area contributed by atoms with Gasteiger partial charge in [0.15, 0.2) is 0 Å². The summed E-state index contributed by atoms with van der Waals surface area (Å²) in [6.07, 6.45) is 4.29. The third-order valence-corrected chi connectivity index (χ3v) is 8.16. The third kappa shape index (κ3) is 4.78. The maximum atomic E-state index is 12.1. The minimum Gasteiger partial charge on any atom is -0.423 e. The first-order chi connectivity index (χ1) is 15.5. The Bertz CT molecular complexity index is 1100. The number of aryl methyl sites for hydroxylation is 1. The van der Waals surface area contributed by atoms with Gasteiger partial charge in [-0.25, -0.2) is 0 Å². The molecular formula is C19H23F3N10Pt-2. The summed E-state index contributed by atoms with van der Waals surface area (Å²) in [6.45, 7) is 11.6. The average molecular weight is 644 g/mol. The molecule has 0 aromatic carbocycles. The molecule has 2 aromatic heterocycles. The van der Waals surface area contributed by atoms with E-state index in [0.29, 0.717) is 17.9 Å². The van der Waals surface area contributed by atoms with Crippen molar-refractivity contribution in [1.82, 2.24) is 50.0 Å². The van der Waals surface area contributed by atoms with Crippen LogP contribution >= 0.6 is 0 Å². The van der Waals surface area contributed by atoms with Gasteiger partial charge in [0.1, 0.15) is 5.82 Å². The number of rotatable bonds is 3. The van der Waals surface area contributed by atoms with Crippen molar-refractivity contribution in [2.75, 3.05) is 6.67 Å². The molecule has 0 aliphatic carbocycles. The van der Waals surface area contributed by atoms with Gasteiger partial charge in [-0.2, -0.15) is 13.2 Å². The van der Waals surface area contributed by atoms with Gasteiger partial charge >= 0.3 is 123 Å². The minimum atomic E-state index is -4.61. The van der Waals surface area contributed by atoms with Crippen LogP contribution in [0.3, 0.4) is 0 Å². The topological polar surface area (TPSA) is 92.7 Å². The predicted octanol–water partition coefficient (Wildman–Crippen LogP) is 1.38. The Labute approximate surface area is 196 Å². The third-order valence-electron chi connectivity index (χ3n) is 4.67. The van der Waals surface area contributed by atoms with Crippen molar-refractivity contribution >= 4 is 8.29 Å². The number of aromatic nitrogens is 6. The predicted molar refractivity (Wildman–Crippen MR) is 110 cm³/mol. The van der Waals surface area contributed by atoms with E-state index in [2.05, 4.69) is 102 Å². The van der Waals surface area contributed by atoms with E-state index < -0.39 is 12.0 Å². The Morgan fingerprint density at radius 2 is 1.36 bits per heavy atom. The van der Waals surface area contributed by atoms with E-state index in [0.717, 1.165) is 6.67 Å². The van der Waals surface area contributed by atoms with Crippen LogP contribution in [0, 0.1) is 6.92 Å². The molecule has 5 rings (SSSR count). The first-order valence-corrected chi connectivity index (χ1v) is 12.4. The molecular weight excluding hydrogens is 620 g/mol. The minimum absolute atomic E-state index is 0.0597. The fraction of sp³-hybridized carbons (Fsp3) is 0.474. The summed E-state index contributed by atoms with van der Waals surface area (Å²) in [5, 5.41) is 13.1. The van der Waals surface area contributed by atoms with Crippen LogP contribution in [0.4, 0.5) is 13.2 Å². The molecule has 3 aliphatic rings. The van der Waals surface area contributed by atoms with Gasteiger partial charge in [-0.1, -0.05) is 0 Å². The molecule has 5 heterocycles. The smallest absolute Gasteiger partial charge is 0.423 e. The quantitative estimate of drug-likeness (QED) is 0.489. The molecule has 14 heteroatoms. The maximum Gasteiger partial charge on any atom is 0.429 e. The van der Waals surface area contributed by atoms with Gasteiger partial charge in [0.25, 0.3) is 0 Å². The Morgan fingerprint density at radius 1 is 0.848 bits per heavy atom. The van der Waals surface area contributed by atoms with Crippen molar-refractivity contribution in [3.63, 3.8) is 0 Å². The number of fused-ring (bicyclic) bond motifs is 2. The molecule has 0 atom stereocenters. The van der Waals surface area contributed by atoms with E-state index in [-0.39, 0.29) is 29.3 Å². The molecule has 0 unspecified atom stereocenters. The van der Waals surface area contributed by atoms with Gasteiger partial charge in [-0.3, -0.25) is 10.2 Å². The first-order valence-electron chi connectivity index (χ1n) is 10.1. The molecule has 10 nitrogen and oxygen atoms in total. The molecule has 0 bridgehead atoms. The second-order valence-electron chi connectivity index (χ2n) is 7.88. The monoisotopic (exact) mass is 643 g/mol. The Morgan fingerprint density at radius 3 is 1.79 bits per heavy atom. The molecule has 182 valence electrons. The molecule has 0 spiro atoms. The van der Waals surface area contributed by atoms with Gasteiger partial charge < -0.3 is 20.2 Å². The van der Waals surface area contributed by atoms with Crippen molar-refractivity contribution in [3.05, 3.63) is 36.4 Å². The Kier molecular flexibility index (Phi) is 6.26. The Balaban J connectivity index is 0.000000160. The largest absolute Gasteiger partial charge is 0.429 e. The van der Waals surface area contributed by atoms with Crippen molar-refractivity contribution in [1.29, 1.82) is 0 Å². The summed E-state index contributed by atoms with van der Waals surface area (Å²) < 4.78 is 39.3. The zero-order chi connectivity index (χ0) is 23.9. The average Bonchev–Trinajstić information content (AvgIpc) is 3.50. The molecule has 0 saturated carbocycles. The molecule has 0 fully saturated rings. The number of halogens is 3. The fourth-order valence-electron chi connectivity index (χ4n) is 3.04. The van der Waals surface area contributed by atoms with Crippen LogP contribution in [0.1, 0.15) is 39.3 Å². The first kappa shape index (κ1) is 23.3. The van der Waals surface area contributed by atoms with E-state index in [1.165, 1.54) is 8.29 Å². The van der Waals surface area contributed by atoms with Gasteiger partial charge in [-0.05, 0) is 18.6 Å². The van der Waals surface area contributed by atoms with Crippen LogP contribution in [0.15, 0.2) is 24.8 Å². The van der Waals surface area contributed by atoms with Crippen molar-refractivity contribution in [3.8, 4) is 11.6 Å². The van der Waals surface area contributed by atoms with E-state index in [9.17, 15) is 13.2 Å². The summed E-state index contributed by atoms with van der Waals surface area (Å²) in [6, 6.07) is 1.10.